The van der Waals surface area contributed by atoms with Gasteiger partial charge in [0.05, 0.1) is 0 Å². The van der Waals surface area contributed by atoms with E-state index in [9.17, 15) is 9.18 Å². The first-order chi connectivity index (χ1) is 11.9. The van der Waals surface area contributed by atoms with Gasteiger partial charge < -0.3 is 14.6 Å². The van der Waals surface area contributed by atoms with Crippen LogP contribution >= 0.6 is 12.2 Å². The number of hydrogen-bond acceptors (Lipinski definition) is 3. The lowest BCUT2D eigenvalue weighted by molar-refractivity contribution is -0.115. The molecule has 1 saturated heterocycles. The van der Waals surface area contributed by atoms with Gasteiger partial charge in [0.1, 0.15) is 23.0 Å². The van der Waals surface area contributed by atoms with Gasteiger partial charge in [-0.05, 0) is 55.5 Å². The topological polar surface area (TPSA) is 69.9 Å². The smallest absolute Gasteiger partial charge is 0.274 e. The van der Waals surface area contributed by atoms with E-state index in [1.807, 2.05) is 13.0 Å². The molecule has 25 heavy (non-hydrogen) atoms. The highest BCUT2D eigenvalue weighted by Crippen LogP contribution is 2.17. The Morgan fingerprint density at radius 1 is 1.32 bits per heavy atom. The molecule has 2 heterocycles. The Hall–Kier alpha value is -3.00. The maximum atomic E-state index is 12.9. The monoisotopic (exact) mass is 358 g/mol. The highest BCUT2D eigenvalue weighted by molar-refractivity contribution is 7.80. The van der Waals surface area contributed by atoms with Crippen LogP contribution < -0.4 is 10.6 Å². The molecule has 0 atom stereocenters. The molecule has 0 bridgehead atoms. The summed E-state index contributed by atoms with van der Waals surface area (Å²) in [6.07, 6.45) is 1.63. The van der Waals surface area contributed by atoms with Gasteiger partial charge in [-0.3, -0.25) is 10.1 Å². The molecule has 1 aliphatic heterocycles. The second-order valence-corrected chi connectivity index (χ2v) is 5.75. The van der Waals surface area contributed by atoms with E-state index in [0.29, 0.717) is 23.1 Å². The molecule has 0 saturated carbocycles. The average molecular weight is 358 g/mol. The van der Waals surface area contributed by atoms with Crippen LogP contribution in [0.15, 0.2) is 51.5 Å². The molecule has 2 aromatic rings. The predicted octanol–water partition coefficient (Wildman–Crippen LogP) is 2.88. The zero-order chi connectivity index (χ0) is 18.0. The molecule has 1 aromatic carbocycles. The summed E-state index contributed by atoms with van der Waals surface area (Å²) in [6.45, 7) is 1.83. The molecule has 0 spiro atoms. The molecule has 1 aromatic heterocycles. The van der Waals surface area contributed by atoms with Crippen molar-refractivity contribution in [3.63, 3.8) is 0 Å². The fraction of sp³-hybridized carbons (Fsp3) is 0.118. The predicted molar refractivity (Wildman–Crippen MR) is 97.4 cm³/mol. The standard InChI is InChI=1S/C17H15FN4O2S/c1-10-3-8-13(24-10)9-14-15(23)20-16(22(14)2)21-17(25)19-12-6-4-11(18)5-7-12/h3-9H,1-2H3,(H2,19,20,21,23,25)/b14-9+. The normalized spacial score (nSPS) is 17.2. The number of carbonyl (C=O) groups is 1. The van der Waals surface area contributed by atoms with Crippen LogP contribution in [-0.4, -0.2) is 28.9 Å². The number of guanidine groups is 1. The number of likely N-dealkylation sites (N-methyl/N-ethyl adjacent to an activating group) is 1. The summed E-state index contributed by atoms with van der Waals surface area (Å²) in [5.74, 6) is 0.974. The van der Waals surface area contributed by atoms with E-state index in [2.05, 4.69) is 15.6 Å². The fourth-order valence-electron chi connectivity index (χ4n) is 2.23. The van der Waals surface area contributed by atoms with E-state index in [1.54, 1.807) is 36.2 Å². The molecule has 3 rings (SSSR count). The highest BCUT2D eigenvalue weighted by atomic mass is 32.1. The van der Waals surface area contributed by atoms with Gasteiger partial charge in [-0.25, -0.2) is 4.39 Å². The zero-order valence-corrected chi connectivity index (χ0v) is 14.4. The lowest BCUT2D eigenvalue weighted by Crippen LogP contribution is -2.29. The SMILES string of the molecule is Cc1ccc(/C=C2\C(=O)N/C(=N\C(=S)Nc3ccc(F)cc3)N2C)o1. The maximum Gasteiger partial charge on any atom is 0.274 e. The summed E-state index contributed by atoms with van der Waals surface area (Å²) in [4.78, 5) is 17.9. The van der Waals surface area contributed by atoms with Gasteiger partial charge in [-0.1, -0.05) is 0 Å². The molecule has 0 radical (unpaired) electrons. The number of amides is 1. The Morgan fingerprint density at radius 2 is 2.04 bits per heavy atom. The quantitative estimate of drug-likeness (QED) is 0.638. The van der Waals surface area contributed by atoms with Gasteiger partial charge >= 0.3 is 0 Å². The largest absolute Gasteiger partial charge is 0.462 e. The Bertz CT molecular complexity index is 886. The van der Waals surface area contributed by atoms with E-state index in [4.69, 9.17) is 16.6 Å². The molecule has 8 heteroatoms. The summed E-state index contributed by atoms with van der Waals surface area (Å²) >= 11 is 5.16. The van der Waals surface area contributed by atoms with Gasteiger partial charge in [0.2, 0.25) is 11.1 Å². The minimum atomic E-state index is -0.339. The Balaban J connectivity index is 1.75. The number of halogens is 1. The van der Waals surface area contributed by atoms with Crippen LogP contribution in [0, 0.1) is 12.7 Å². The minimum Gasteiger partial charge on any atom is -0.462 e. The van der Waals surface area contributed by atoms with Crippen LogP contribution in [0.2, 0.25) is 0 Å². The summed E-state index contributed by atoms with van der Waals surface area (Å²) < 4.78 is 18.4. The molecule has 128 valence electrons. The summed E-state index contributed by atoms with van der Waals surface area (Å²) in [5, 5.41) is 5.65. The van der Waals surface area contributed by atoms with Crippen molar-refractivity contribution in [1.29, 1.82) is 0 Å². The van der Waals surface area contributed by atoms with E-state index in [0.717, 1.165) is 5.76 Å². The molecule has 1 fully saturated rings. The van der Waals surface area contributed by atoms with Gasteiger partial charge in [0.15, 0.2) is 0 Å². The van der Waals surface area contributed by atoms with Gasteiger partial charge in [-0.15, -0.1) is 0 Å². The van der Waals surface area contributed by atoms with Crippen molar-refractivity contribution in [2.45, 2.75) is 6.92 Å². The number of thiocarbonyl (C=S) groups is 1. The Kier molecular flexibility index (Phi) is 4.62. The number of nitrogens with zero attached hydrogens (tertiary/aromatic N) is 2. The van der Waals surface area contributed by atoms with Crippen LogP contribution in [0.1, 0.15) is 11.5 Å². The molecule has 0 unspecified atom stereocenters. The van der Waals surface area contributed by atoms with Crippen LogP contribution in [0.5, 0.6) is 0 Å². The lowest BCUT2D eigenvalue weighted by Gasteiger charge is -2.11. The minimum absolute atomic E-state index is 0.142. The number of aryl methyl sites for hydroxylation is 1. The Morgan fingerprint density at radius 3 is 2.68 bits per heavy atom. The van der Waals surface area contributed by atoms with Crippen LogP contribution in [0.3, 0.4) is 0 Å². The third kappa shape index (κ3) is 3.92. The molecule has 6 nitrogen and oxygen atoms in total. The fourth-order valence-corrected chi connectivity index (χ4v) is 2.43. The number of rotatable bonds is 2. The van der Waals surface area contributed by atoms with Crippen molar-refractivity contribution in [2.75, 3.05) is 12.4 Å². The van der Waals surface area contributed by atoms with Crippen LogP contribution in [-0.2, 0) is 4.79 Å². The van der Waals surface area contributed by atoms with Crippen molar-refractivity contribution >= 4 is 41.0 Å². The number of hydrogen-bond donors (Lipinski definition) is 2. The molecule has 2 N–H and O–H groups in total. The highest BCUT2D eigenvalue weighted by Gasteiger charge is 2.29. The van der Waals surface area contributed by atoms with Gasteiger partial charge in [0.25, 0.3) is 5.91 Å². The van der Waals surface area contributed by atoms with E-state index in [1.165, 1.54) is 12.1 Å². The number of carbonyl (C=O) groups excluding carboxylic acids is 1. The van der Waals surface area contributed by atoms with Crippen molar-refractivity contribution in [3.05, 3.63) is 59.4 Å². The second kappa shape index (κ2) is 6.86. The third-order valence-corrected chi connectivity index (χ3v) is 3.67. The molecular weight excluding hydrogens is 343 g/mol. The molecule has 1 amide bonds. The number of benzene rings is 1. The van der Waals surface area contributed by atoms with E-state index in [-0.39, 0.29) is 16.8 Å². The third-order valence-electron chi connectivity index (χ3n) is 3.48. The average Bonchev–Trinajstić information content (AvgIpc) is 3.08. The van der Waals surface area contributed by atoms with Crippen LogP contribution in [0.25, 0.3) is 6.08 Å². The van der Waals surface area contributed by atoms with Crippen molar-refractivity contribution in [3.8, 4) is 0 Å². The van der Waals surface area contributed by atoms with Gasteiger partial charge in [-0.2, -0.15) is 4.99 Å². The van der Waals surface area contributed by atoms with Crippen molar-refractivity contribution in [1.82, 2.24) is 10.2 Å². The maximum absolute atomic E-state index is 12.9. The van der Waals surface area contributed by atoms with Crippen molar-refractivity contribution < 1.29 is 13.6 Å². The van der Waals surface area contributed by atoms with E-state index < -0.39 is 0 Å². The summed E-state index contributed by atoms with van der Waals surface area (Å²) in [7, 11) is 1.69. The number of anilines is 1. The first-order valence-corrected chi connectivity index (χ1v) is 7.81. The first kappa shape index (κ1) is 16.8. The number of furan rings is 1. The molecule has 1 aliphatic rings. The number of aliphatic imine (C=N–C) groups is 1. The summed E-state index contributed by atoms with van der Waals surface area (Å²) in [5.41, 5.74) is 0.988. The first-order valence-electron chi connectivity index (χ1n) is 7.41. The van der Waals surface area contributed by atoms with E-state index >= 15 is 0 Å². The zero-order valence-electron chi connectivity index (χ0n) is 13.5. The van der Waals surface area contributed by atoms with Gasteiger partial charge in [0, 0.05) is 18.8 Å². The van der Waals surface area contributed by atoms with Crippen molar-refractivity contribution in [2.24, 2.45) is 4.99 Å². The molecule has 0 aliphatic carbocycles. The molecular formula is C17H15FN4O2S. The Labute approximate surface area is 149 Å². The summed E-state index contributed by atoms with van der Waals surface area (Å²) in [6, 6.07) is 9.31. The second-order valence-electron chi connectivity index (χ2n) is 5.36. The van der Waals surface area contributed by atoms with Crippen LogP contribution in [0.4, 0.5) is 10.1 Å². The number of nitrogens with one attached hydrogen (secondary N) is 2. The lowest BCUT2D eigenvalue weighted by atomic mass is 10.3.